The molecule has 3 nitrogen and oxygen atoms in total. The second-order valence-corrected chi connectivity index (χ2v) is 3.27. The lowest BCUT2D eigenvalue weighted by Crippen LogP contribution is -2.23. The van der Waals surface area contributed by atoms with Crippen molar-refractivity contribution >= 4 is 5.97 Å². The molecule has 1 atom stereocenters. The van der Waals surface area contributed by atoms with Crippen molar-refractivity contribution in [1.29, 1.82) is 0 Å². The highest BCUT2D eigenvalue weighted by atomic mass is 16.7. The maximum atomic E-state index is 11.0. The summed E-state index contributed by atoms with van der Waals surface area (Å²) < 4.78 is 0. The van der Waals surface area contributed by atoms with Gasteiger partial charge in [0.25, 0.3) is 0 Å². The van der Waals surface area contributed by atoms with Gasteiger partial charge in [0.1, 0.15) is 0 Å². The van der Waals surface area contributed by atoms with Crippen molar-refractivity contribution in [1.82, 2.24) is 0 Å². The zero-order chi connectivity index (χ0) is 8.27. The standard InChI is InChI=1S/C8H15NO2/c1-6(8(10)11-9)7-4-2-3-5-7/h6-7H,2-5,9H2,1H3. The zero-order valence-electron chi connectivity index (χ0n) is 6.88. The summed E-state index contributed by atoms with van der Waals surface area (Å²) in [5, 5.41) is 0. The number of hydrogen-bond acceptors (Lipinski definition) is 3. The molecule has 0 aromatic rings. The van der Waals surface area contributed by atoms with E-state index in [1.54, 1.807) is 0 Å². The van der Waals surface area contributed by atoms with Crippen LogP contribution in [-0.4, -0.2) is 5.97 Å². The van der Waals surface area contributed by atoms with Crippen molar-refractivity contribution < 1.29 is 9.63 Å². The molecule has 1 fully saturated rings. The van der Waals surface area contributed by atoms with E-state index in [1.807, 2.05) is 6.92 Å². The van der Waals surface area contributed by atoms with E-state index in [0.29, 0.717) is 5.92 Å². The molecule has 1 aliphatic rings. The van der Waals surface area contributed by atoms with Crippen LogP contribution in [-0.2, 0) is 9.63 Å². The van der Waals surface area contributed by atoms with Gasteiger partial charge in [0.15, 0.2) is 0 Å². The Bertz CT molecular complexity index is 141. The number of rotatable bonds is 2. The third kappa shape index (κ3) is 1.93. The molecule has 3 heteroatoms. The largest absolute Gasteiger partial charge is 0.373 e. The van der Waals surface area contributed by atoms with E-state index in [4.69, 9.17) is 5.90 Å². The smallest absolute Gasteiger partial charge is 0.327 e. The van der Waals surface area contributed by atoms with Crippen LogP contribution in [0.4, 0.5) is 0 Å². The fraction of sp³-hybridized carbons (Fsp3) is 0.875. The first-order valence-electron chi connectivity index (χ1n) is 4.16. The summed E-state index contributed by atoms with van der Waals surface area (Å²) >= 11 is 0. The molecule has 0 bridgehead atoms. The fourth-order valence-electron chi connectivity index (χ4n) is 1.76. The second kappa shape index (κ2) is 3.72. The van der Waals surface area contributed by atoms with E-state index in [9.17, 15) is 4.79 Å². The minimum absolute atomic E-state index is 0.0116. The average Bonchev–Trinajstić information content (AvgIpc) is 2.53. The van der Waals surface area contributed by atoms with E-state index in [0.717, 1.165) is 12.8 Å². The molecule has 0 radical (unpaired) electrons. The van der Waals surface area contributed by atoms with Crippen molar-refractivity contribution in [3.8, 4) is 0 Å². The van der Waals surface area contributed by atoms with Gasteiger partial charge in [-0.25, -0.2) is 0 Å². The van der Waals surface area contributed by atoms with Crippen LogP contribution in [0.2, 0.25) is 0 Å². The van der Waals surface area contributed by atoms with Gasteiger partial charge in [-0.1, -0.05) is 19.8 Å². The van der Waals surface area contributed by atoms with Crippen molar-refractivity contribution in [3.05, 3.63) is 0 Å². The molecular formula is C8H15NO2. The van der Waals surface area contributed by atoms with Crippen LogP contribution < -0.4 is 5.90 Å². The lowest BCUT2D eigenvalue weighted by molar-refractivity contribution is -0.150. The maximum Gasteiger partial charge on any atom is 0.327 e. The van der Waals surface area contributed by atoms with Crippen LogP contribution in [0.3, 0.4) is 0 Å². The van der Waals surface area contributed by atoms with Gasteiger partial charge in [-0.3, -0.25) is 4.79 Å². The molecule has 1 saturated carbocycles. The minimum Gasteiger partial charge on any atom is -0.373 e. The molecule has 0 saturated heterocycles. The van der Waals surface area contributed by atoms with Gasteiger partial charge >= 0.3 is 5.97 Å². The monoisotopic (exact) mass is 157 g/mol. The number of carbonyl (C=O) groups is 1. The number of nitrogens with two attached hydrogens (primary N) is 1. The van der Waals surface area contributed by atoms with Gasteiger partial charge in [0.05, 0.1) is 5.92 Å². The summed E-state index contributed by atoms with van der Waals surface area (Å²) in [5.41, 5.74) is 0. The quantitative estimate of drug-likeness (QED) is 0.613. The third-order valence-electron chi connectivity index (χ3n) is 2.59. The van der Waals surface area contributed by atoms with Crippen LogP contribution in [0.5, 0.6) is 0 Å². The van der Waals surface area contributed by atoms with Gasteiger partial charge in [0, 0.05) is 0 Å². The molecule has 1 unspecified atom stereocenters. The molecule has 0 aromatic carbocycles. The van der Waals surface area contributed by atoms with E-state index in [-0.39, 0.29) is 11.9 Å². The number of hydrogen-bond donors (Lipinski definition) is 1. The van der Waals surface area contributed by atoms with E-state index >= 15 is 0 Å². The minimum atomic E-state index is -0.267. The Labute approximate surface area is 66.9 Å². The fourth-order valence-corrected chi connectivity index (χ4v) is 1.76. The molecule has 2 N–H and O–H groups in total. The first-order chi connectivity index (χ1) is 5.25. The van der Waals surface area contributed by atoms with Gasteiger partial charge < -0.3 is 4.84 Å². The second-order valence-electron chi connectivity index (χ2n) is 3.27. The predicted molar refractivity (Wildman–Crippen MR) is 41.4 cm³/mol. The molecule has 11 heavy (non-hydrogen) atoms. The Balaban J connectivity index is 2.39. The van der Waals surface area contributed by atoms with E-state index < -0.39 is 0 Å². The van der Waals surface area contributed by atoms with Gasteiger partial charge in [-0.2, -0.15) is 5.90 Å². The Morgan fingerprint density at radius 2 is 2.09 bits per heavy atom. The first-order valence-corrected chi connectivity index (χ1v) is 4.16. The lowest BCUT2D eigenvalue weighted by atomic mass is 9.93. The van der Waals surface area contributed by atoms with Crippen LogP contribution in [0.25, 0.3) is 0 Å². The highest BCUT2D eigenvalue weighted by Crippen LogP contribution is 2.31. The van der Waals surface area contributed by atoms with Gasteiger partial charge in [0.2, 0.25) is 0 Å². The molecular weight excluding hydrogens is 142 g/mol. The van der Waals surface area contributed by atoms with Crippen molar-refractivity contribution in [2.75, 3.05) is 0 Å². The summed E-state index contributed by atoms with van der Waals surface area (Å²) in [6, 6.07) is 0. The highest BCUT2D eigenvalue weighted by Gasteiger charge is 2.27. The van der Waals surface area contributed by atoms with Crippen molar-refractivity contribution in [2.24, 2.45) is 17.7 Å². The van der Waals surface area contributed by atoms with E-state index in [1.165, 1.54) is 12.8 Å². The Morgan fingerprint density at radius 3 is 2.55 bits per heavy atom. The Hall–Kier alpha value is -0.570. The predicted octanol–water partition coefficient (Wildman–Crippen LogP) is 1.23. The van der Waals surface area contributed by atoms with Gasteiger partial charge in [-0.05, 0) is 18.8 Å². The van der Waals surface area contributed by atoms with Crippen LogP contribution >= 0.6 is 0 Å². The zero-order valence-corrected chi connectivity index (χ0v) is 6.88. The molecule has 0 amide bonds. The van der Waals surface area contributed by atoms with Crippen molar-refractivity contribution in [3.63, 3.8) is 0 Å². The van der Waals surface area contributed by atoms with Crippen LogP contribution in [0, 0.1) is 11.8 Å². The maximum absolute atomic E-state index is 11.0. The summed E-state index contributed by atoms with van der Waals surface area (Å²) in [7, 11) is 0. The normalized spacial score (nSPS) is 21.6. The molecule has 1 aliphatic carbocycles. The van der Waals surface area contributed by atoms with Crippen molar-refractivity contribution in [2.45, 2.75) is 32.6 Å². The third-order valence-corrected chi connectivity index (χ3v) is 2.59. The number of carbonyl (C=O) groups excluding carboxylic acids is 1. The Kier molecular flexibility index (Phi) is 2.88. The highest BCUT2D eigenvalue weighted by molar-refractivity contribution is 5.71. The summed E-state index contributed by atoms with van der Waals surface area (Å²) in [5.74, 6) is 5.02. The average molecular weight is 157 g/mol. The molecule has 0 aliphatic heterocycles. The lowest BCUT2D eigenvalue weighted by Gasteiger charge is -2.14. The molecule has 0 heterocycles. The molecule has 1 rings (SSSR count). The molecule has 0 spiro atoms. The Morgan fingerprint density at radius 1 is 1.55 bits per heavy atom. The summed E-state index contributed by atoms with van der Waals surface area (Å²) in [6.07, 6.45) is 4.78. The van der Waals surface area contributed by atoms with Gasteiger partial charge in [-0.15, -0.1) is 0 Å². The topological polar surface area (TPSA) is 52.3 Å². The van der Waals surface area contributed by atoms with Crippen LogP contribution in [0.15, 0.2) is 0 Å². The van der Waals surface area contributed by atoms with E-state index in [2.05, 4.69) is 4.84 Å². The summed E-state index contributed by atoms with van der Waals surface area (Å²) in [6.45, 7) is 1.89. The molecule has 64 valence electrons. The SMILES string of the molecule is CC(C(=O)ON)C1CCCC1. The van der Waals surface area contributed by atoms with Crippen LogP contribution in [0.1, 0.15) is 32.6 Å². The molecule has 0 aromatic heterocycles. The summed E-state index contributed by atoms with van der Waals surface area (Å²) in [4.78, 5) is 15.1. The first kappa shape index (κ1) is 8.53.